The molecular weight excluding hydrogens is 549 g/mol. The number of hydrogen-bond donors (Lipinski definition) is 2. The highest BCUT2D eigenvalue weighted by Gasteiger charge is 2.20. The molecule has 0 aliphatic heterocycles. The summed E-state index contributed by atoms with van der Waals surface area (Å²) in [6.07, 6.45) is 1.09. The van der Waals surface area contributed by atoms with Gasteiger partial charge in [0.25, 0.3) is 0 Å². The van der Waals surface area contributed by atoms with Crippen LogP contribution in [0, 0.1) is 5.82 Å². The highest BCUT2D eigenvalue weighted by atomic mass is 35.5. The van der Waals surface area contributed by atoms with Crippen LogP contribution in [0.15, 0.2) is 89.1 Å². The van der Waals surface area contributed by atoms with Crippen molar-refractivity contribution in [3.63, 3.8) is 0 Å². The molecule has 0 spiro atoms. The van der Waals surface area contributed by atoms with Crippen molar-refractivity contribution >= 4 is 56.1 Å². The highest BCUT2D eigenvalue weighted by Crippen LogP contribution is 2.30. The standard InChI is InChI=1S/C27H23ClFN3O4S2/c1-38(35,36)25-7-3-2-6-22(25)18-8-13-24(23(29)15-18)31-26(33)17-32(16-21-5-4-14-37-21)27(34)30-20-11-9-19(28)10-12-20/h2-15H,16-17H2,1H3,(H,30,34)(H,31,33). The molecule has 196 valence electrons. The number of nitrogens with one attached hydrogen (secondary N) is 2. The van der Waals surface area contributed by atoms with Gasteiger partial charge in [0.05, 0.1) is 17.1 Å². The Labute approximate surface area is 228 Å². The molecule has 7 nitrogen and oxygen atoms in total. The van der Waals surface area contributed by atoms with Crippen LogP contribution < -0.4 is 10.6 Å². The third-order valence-electron chi connectivity index (χ3n) is 5.48. The Balaban J connectivity index is 1.50. The molecule has 2 N–H and O–H groups in total. The molecule has 4 rings (SSSR count). The van der Waals surface area contributed by atoms with E-state index in [1.54, 1.807) is 42.5 Å². The molecule has 4 aromatic rings. The number of thiophene rings is 1. The number of sulfone groups is 1. The molecule has 0 aliphatic rings. The van der Waals surface area contributed by atoms with Gasteiger partial charge in [0.2, 0.25) is 5.91 Å². The fourth-order valence-corrected chi connectivity index (χ4v) is 5.46. The summed E-state index contributed by atoms with van der Waals surface area (Å²) in [7, 11) is -3.53. The van der Waals surface area contributed by atoms with Crippen molar-refractivity contribution in [2.24, 2.45) is 0 Å². The van der Waals surface area contributed by atoms with Crippen LogP contribution in [0.5, 0.6) is 0 Å². The Hall–Kier alpha value is -3.73. The van der Waals surface area contributed by atoms with Crippen molar-refractivity contribution in [1.82, 2.24) is 4.90 Å². The van der Waals surface area contributed by atoms with Gasteiger partial charge in [0.15, 0.2) is 9.84 Å². The zero-order valence-electron chi connectivity index (χ0n) is 20.1. The molecule has 0 atom stereocenters. The van der Waals surface area contributed by atoms with Gasteiger partial charge in [-0.25, -0.2) is 17.6 Å². The van der Waals surface area contributed by atoms with Gasteiger partial charge in [-0.2, -0.15) is 0 Å². The summed E-state index contributed by atoms with van der Waals surface area (Å²) in [4.78, 5) is 28.1. The van der Waals surface area contributed by atoms with Crippen LogP contribution in [-0.4, -0.2) is 38.1 Å². The first-order valence-corrected chi connectivity index (χ1v) is 14.5. The normalized spacial score (nSPS) is 11.1. The van der Waals surface area contributed by atoms with E-state index in [2.05, 4.69) is 10.6 Å². The molecule has 11 heteroatoms. The number of carbonyl (C=O) groups is 2. The van der Waals surface area contributed by atoms with Crippen molar-refractivity contribution in [2.75, 3.05) is 23.4 Å². The molecule has 3 amide bonds. The number of nitrogens with zero attached hydrogens (tertiary/aromatic N) is 1. The summed E-state index contributed by atoms with van der Waals surface area (Å²) in [6.45, 7) is -0.163. The SMILES string of the molecule is CS(=O)(=O)c1ccccc1-c1ccc(NC(=O)CN(Cc2cccs2)C(=O)Nc2ccc(Cl)cc2)c(F)c1. The van der Waals surface area contributed by atoms with Crippen LogP contribution >= 0.6 is 22.9 Å². The lowest BCUT2D eigenvalue weighted by Gasteiger charge is -2.22. The Morgan fingerprint density at radius 2 is 1.71 bits per heavy atom. The summed E-state index contributed by atoms with van der Waals surface area (Å²) in [6, 6.07) is 20.1. The van der Waals surface area contributed by atoms with Crippen LogP contribution in [0.3, 0.4) is 0 Å². The smallest absolute Gasteiger partial charge is 0.322 e. The Bertz CT molecular complexity index is 1560. The molecule has 0 unspecified atom stereocenters. The molecule has 38 heavy (non-hydrogen) atoms. The monoisotopic (exact) mass is 571 g/mol. The lowest BCUT2D eigenvalue weighted by molar-refractivity contribution is -0.116. The van der Waals surface area contributed by atoms with Crippen LogP contribution in [0.1, 0.15) is 4.88 Å². The van der Waals surface area contributed by atoms with Crippen LogP contribution in [0.4, 0.5) is 20.6 Å². The summed E-state index contributed by atoms with van der Waals surface area (Å²) in [5.41, 5.74) is 1.12. The van der Waals surface area contributed by atoms with E-state index < -0.39 is 27.6 Å². The van der Waals surface area contributed by atoms with Gasteiger partial charge >= 0.3 is 6.03 Å². The quantitative estimate of drug-likeness (QED) is 0.260. The van der Waals surface area contributed by atoms with Crippen molar-refractivity contribution < 1.29 is 22.4 Å². The van der Waals surface area contributed by atoms with E-state index in [0.717, 1.165) is 17.2 Å². The fourth-order valence-electron chi connectivity index (χ4n) is 3.70. The van der Waals surface area contributed by atoms with Crippen molar-refractivity contribution in [2.45, 2.75) is 11.4 Å². The van der Waals surface area contributed by atoms with Gasteiger partial charge in [-0.15, -0.1) is 11.3 Å². The van der Waals surface area contributed by atoms with Crippen molar-refractivity contribution in [3.8, 4) is 11.1 Å². The first-order valence-electron chi connectivity index (χ1n) is 11.3. The first-order chi connectivity index (χ1) is 18.1. The maximum absolute atomic E-state index is 15.0. The molecule has 0 radical (unpaired) electrons. The number of halogens is 2. The number of hydrogen-bond acceptors (Lipinski definition) is 5. The highest BCUT2D eigenvalue weighted by molar-refractivity contribution is 7.90. The number of amides is 3. The predicted octanol–water partition coefficient (Wildman–Crippen LogP) is 6.28. The Kier molecular flexibility index (Phi) is 8.45. The summed E-state index contributed by atoms with van der Waals surface area (Å²) in [5, 5.41) is 7.62. The van der Waals surface area contributed by atoms with E-state index in [1.807, 2.05) is 17.5 Å². The molecular formula is C27H23ClFN3O4S2. The van der Waals surface area contributed by atoms with Crippen LogP contribution in [-0.2, 0) is 21.2 Å². The zero-order chi connectivity index (χ0) is 27.3. The molecule has 0 bridgehead atoms. The van der Waals surface area contributed by atoms with Crippen molar-refractivity contribution in [3.05, 3.63) is 100.0 Å². The second-order valence-electron chi connectivity index (χ2n) is 8.38. The van der Waals surface area contributed by atoms with Gasteiger partial charge in [-0.3, -0.25) is 4.79 Å². The topological polar surface area (TPSA) is 95.6 Å². The van der Waals surface area contributed by atoms with Crippen molar-refractivity contribution in [1.29, 1.82) is 0 Å². The molecule has 0 saturated heterocycles. The third kappa shape index (κ3) is 6.97. The minimum Gasteiger partial charge on any atom is -0.322 e. The lowest BCUT2D eigenvalue weighted by atomic mass is 10.0. The second-order valence-corrected chi connectivity index (χ2v) is 11.8. The Morgan fingerprint density at radius 1 is 0.974 bits per heavy atom. The fraction of sp³-hybridized carbons (Fsp3) is 0.111. The second kappa shape index (κ2) is 11.8. The average Bonchev–Trinajstić information content (AvgIpc) is 3.39. The third-order valence-corrected chi connectivity index (χ3v) is 7.75. The van der Waals surface area contributed by atoms with Gasteiger partial charge in [0, 0.05) is 27.4 Å². The number of carbonyl (C=O) groups excluding carboxylic acids is 2. The van der Waals surface area contributed by atoms with E-state index in [9.17, 15) is 22.4 Å². The Morgan fingerprint density at radius 3 is 2.37 bits per heavy atom. The average molecular weight is 572 g/mol. The summed E-state index contributed by atoms with van der Waals surface area (Å²) >= 11 is 7.34. The van der Waals surface area contributed by atoms with E-state index in [1.165, 1.54) is 34.4 Å². The maximum Gasteiger partial charge on any atom is 0.322 e. The lowest BCUT2D eigenvalue weighted by Crippen LogP contribution is -2.40. The molecule has 0 aliphatic carbocycles. The van der Waals surface area contributed by atoms with E-state index in [4.69, 9.17) is 11.6 Å². The maximum atomic E-state index is 15.0. The summed E-state index contributed by atoms with van der Waals surface area (Å²) < 4.78 is 39.2. The van der Waals surface area contributed by atoms with Gasteiger partial charge in [0.1, 0.15) is 12.4 Å². The van der Waals surface area contributed by atoms with Crippen LogP contribution in [0.2, 0.25) is 5.02 Å². The molecule has 0 fully saturated rings. The molecule has 1 heterocycles. The first kappa shape index (κ1) is 27.3. The minimum absolute atomic E-state index is 0.0760. The van der Waals surface area contributed by atoms with Gasteiger partial charge < -0.3 is 15.5 Å². The minimum atomic E-state index is -3.53. The van der Waals surface area contributed by atoms with Gasteiger partial charge in [-0.1, -0.05) is 41.9 Å². The van der Waals surface area contributed by atoms with E-state index in [0.29, 0.717) is 21.8 Å². The largest absolute Gasteiger partial charge is 0.322 e. The molecule has 0 saturated carbocycles. The molecule has 1 aromatic heterocycles. The number of anilines is 2. The summed E-state index contributed by atoms with van der Waals surface area (Å²) in [5.74, 6) is -1.34. The van der Waals surface area contributed by atoms with Gasteiger partial charge in [-0.05, 0) is 59.5 Å². The number of benzene rings is 3. The molecule has 3 aromatic carbocycles. The van der Waals surface area contributed by atoms with E-state index in [-0.39, 0.29) is 23.7 Å². The predicted molar refractivity (Wildman–Crippen MR) is 149 cm³/mol. The number of rotatable bonds is 8. The van der Waals surface area contributed by atoms with E-state index >= 15 is 0 Å². The zero-order valence-corrected chi connectivity index (χ0v) is 22.5. The van der Waals surface area contributed by atoms with Crippen LogP contribution in [0.25, 0.3) is 11.1 Å². The number of urea groups is 1.